The van der Waals surface area contributed by atoms with Gasteiger partial charge in [-0.2, -0.15) is 5.10 Å². The standard InChI is InChI=1S/C19H15N5O5/c25-18(21-14-4-1-2-5-15(14)23-9-3-8-20-23)11-22-16-10-13(24(27)28)6-7-17(16)29-12-19(22)26/h1-10H,11-12H2,(H,21,25). The van der Waals surface area contributed by atoms with Gasteiger partial charge in [-0.25, -0.2) is 4.68 Å². The number of hydrogen-bond acceptors (Lipinski definition) is 6. The molecule has 3 aromatic rings. The number of para-hydroxylation sites is 2. The monoisotopic (exact) mass is 393 g/mol. The molecule has 0 aliphatic carbocycles. The Balaban J connectivity index is 1.58. The van der Waals surface area contributed by atoms with Crippen LogP contribution in [0.15, 0.2) is 60.9 Å². The second-order valence-electron chi connectivity index (χ2n) is 6.19. The molecule has 2 heterocycles. The highest BCUT2D eigenvalue weighted by Crippen LogP contribution is 2.35. The summed E-state index contributed by atoms with van der Waals surface area (Å²) in [5.41, 5.74) is 1.17. The van der Waals surface area contributed by atoms with Crippen molar-refractivity contribution in [3.8, 4) is 11.4 Å². The number of amides is 2. The average Bonchev–Trinajstić information content (AvgIpc) is 3.25. The van der Waals surface area contributed by atoms with Crippen molar-refractivity contribution in [1.29, 1.82) is 0 Å². The lowest BCUT2D eigenvalue weighted by Gasteiger charge is -2.28. The van der Waals surface area contributed by atoms with Crippen LogP contribution < -0.4 is 15.0 Å². The van der Waals surface area contributed by atoms with E-state index in [1.165, 1.54) is 23.1 Å². The molecular formula is C19H15N5O5. The van der Waals surface area contributed by atoms with Gasteiger partial charge in [0, 0.05) is 24.5 Å². The van der Waals surface area contributed by atoms with Gasteiger partial charge >= 0.3 is 0 Å². The molecule has 10 heteroatoms. The highest BCUT2D eigenvalue weighted by molar-refractivity contribution is 6.05. The van der Waals surface area contributed by atoms with E-state index in [1.807, 2.05) is 6.07 Å². The number of nitrogens with one attached hydrogen (secondary N) is 1. The Morgan fingerprint density at radius 3 is 2.79 bits per heavy atom. The van der Waals surface area contributed by atoms with Crippen molar-refractivity contribution < 1.29 is 19.2 Å². The molecule has 1 aromatic heterocycles. The summed E-state index contributed by atoms with van der Waals surface area (Å²) in [6, 6.07) is 12.8. The number of nitro groups is 1. The smallest absolute Gasteiger partial charge is 0.271 e. The zero-order valence-corrected chi connectivity index (χ0v) is 15.0. The average molecular weight is 393 g/mol. The molecular weight excluding hydrogens is 378 g/mol. The normalized spacial score (nSPS) is 12.8. The van der Waals surface area contributed by atoms with Crippen molar-refractivity contribution in [2.24, 2.45) is 0 Å². The second kappa shape index (κ2) is 7.43. The number of carbonyl (C=O) groups excluding carboxylic acids is 2. The van der Waals surface area contributed by atoms with E-state index in [2.05, 4.69) is 10.4 Å². The van der Waals surface area contributed by atoms with E-state index in [9.17, 15) is 19.7 Å². The maximum atomic E-state index is 12.7. The van der Waals surface area contributed by atoms with Gasteiger partial charge in [-0.15, -0.1) is 0 Å². The van der Waals surface area contributed by atoms with Gasteiger partial charge in [-0.1, -0.05) is 12.1 Å². The molecule has 0 unspecified atom stereocenters. The number of nitrogens with zero attached hydrogens (tertiary/aromatic N) is 4. The maximum Gasteiger partial charge on any atom is 0.271 e. The molecule has 0 bridgehead atoms. The number of anilines is 2. The summed E-state index contributed by atoms with van der Waals surface area (Å²) < 4.78 is 6.92. The summed E-state index contributed by atoms with van der Waals surface area (Å²) in [6.45, 7) is -0.564. The summed E-state index contributed by atoms with van der Waals surface area (Å²) >= 11 is 0. The molecule has 0 radical (unpaired) electrons. The van der Waals surface area contributed by atoms with Gasteiger partial charge in [0.2, 0.25) is 5.91 Å². The number of non-ortho nitro benzene ring substituents is 1. The van der Waals surface area contributed by atoms with E-state index >= 15 is 0 Å². The molecule has 1 aliphatic heterocycles. The van der Waals surface area contributed by atoms with Gasteiger partial charge in [0.25, 0.3) is 11.6 Å². The van der Waals surface area contributed by atoms with Crippen LogP contribution in [0.3, 0.4) is 0 Å². The fourth-order valence-corrected chi connectivity index (χ4v) is 3.00. The van der Waals surface area contributed by atoms with E-state index in [1.54, 1.807) is 41.3 Å². The van der Waals surface area contributed by atoms with Crippen LogP contribution in [0.25, 0.3) is 5.69 Å². The van der Waals surface area contributed by atoms with Gasteiger partial charge in [0.1, 0.15) is 12.3 Å². The molecule has 1 aliphatic rings. The Morgan fingerprint density at radius 1 is 1.21 bits per heavy atom. The Kier molecular flexibility index (Phi) is 4.65. The van der Waals surface area contributed by atoms with Crippen LogP contribution >= 0.6 is 0 Å². The molecule has 29 heavy (non-hydrogen) atoms. The minimum absolute atomic E-state index is 0.186. The van der Waals surface area contributed by atoms with E-state index < -0.39 is 16.7 Å². The quantitative estimate of drug-likeness (QED) is 0.524. The first-order chi connectivity index (χ1) is 14.0. The van der Waals surface area contributed by atoms with Crippen LogP contribution in [0.1, 0.15) is 0 Å². The Labute approximate surface area is 164 Å². The molecule has 2 amide bonds. The van der Waals surface area contributed by atoms with Crippen LogP contribution in [0, 0.1) is 10.1 Å². The summed E-state index contributed by atoms with van der Waals surface area (Å²) in [4.78, 5) is 36.7. The number of hydrogen-bond donors (Lipinski definition) is 1. The van der Waals surface area contributed by atoms with Crippen LogP contribution in [-0.4, -0.2) is 39.7 Å². The van der Waals surface area contributed by atoms with Crippen molar-refractivity contribution >= 4 is 28.9 Å². The first kappa shape index (κ1) is 18.2. The third kappa shape index (κ3) is 3.63. The molecule has 10 nitrogen and oxygen atoms in total. The molecule has 0 atom stereocenters. The molecule has 0 saturated carbocycles. The minimum Gasteiger partial charge on any atom is -0.482 e. The summed E-state index contributed by atoms with van der Waals surface area (Å²) in [5.74, 6) is -0.620. The number of rotatable bonds is 5. The predicted molar refractivity (Wildman–Crippen MR) is 103 cm³/mol. The van der Waals surface area contributed by atoms with Gasteiger partial charge < -0.3 is 10.1 Å². The largest absolute Gasteiger partial charge is 0.482 e. The molecule has 0 spiro atoms. The number of aromatic nitrogens is 2. The van der Waals surface area contributed by atoms with Gasteiger partial charge in [-0.3, -0.25) is 24.6 Å². The number of benzene rings is 2. The zero-order chi connectivity index (χ0) is 20.4. The summed E-state index contributed by atoms with van der Waals surface area (Å²) in [5, 5.41) is 18.0. The SMILES string of the molecule is O=C(CN1C(=O)COc2ccc([N+](=O)[O-])cc21)Nc1ccccc1-n1cccn1. The summed E-state index contributed by atoms with van der Waals surface area (Å²) in [6.07, 6.45) is 3.36. The molecule has 0 saturated heterocycles. The van der Waals surface area contributed by atoms with Crippen molar-refractivity contribution in [2.45, 2.75) is 0 Å². The van der Waals surface area contributed by atoms with Crippen LogP contribution in [-0.2, 0) is 9.59 Å². The number of fused-ring (bicyclic) bond motifs is 1. The minimum atomic E-state index is -0.571. The summed E-state index contributed by atoms with van der Waals surface area (Å²) in [7, 11) is 0. The predicted octanol–water partition coefficient (Wildman–Crippen LogP) is 2.14. The number of ether oxygens (including phenoxy) is 1. The first-order valence-electron chi connectivity index (χ1n) is 8.63. The van der Waals surface area contributed by atoms with Crippen molar-refractivity contribution in [1.82, 2.24) is 9.78 Å². The van der Waals surface area contributed by atoms with Crippen LogP contribution in [0.4, 0.5) is 17.1 Å². The molecule has 146 valence electrons. The van der Waals surface area contributed by atoms with E-state index in [0.29, 0.717) is 17.1 Å². The van der Waals surface area contributed by atoms with Gasteiger partial charge in [0.15, 0.2) is 6.61 Å². The lowest BCUT2D eigenvalue weighted by atomic mass is 10.2. The lowest BCUT2D eigenvalue weighted by Crippen LogP contribution is -2.43. The Bertz CT molecular complexity index is 1100. The van der Waals surface area contributed by atoms with Crippen molar-refractivity contribution in [2.75, 3.05) is 23.4 Å². The highest BCUT2D eigenvalue weighted by Gasteiger charge is 2.29. The Hall–Kier alpha value is -4.21. The topological polar surface area (TPSA) is 120 Å². The third-order valence-corrected chi connectivity index (χ3v) is 4.33. The Morgan fingerprint density at radius 2 is 2.03 bits per heavy atom. The zero-order valence-electron chi connectivity index (χ0n) is 15.0. The van der Waals surface area contributed by atoms with Crippen molar-refractivity contribution in [3.05, 3.63) is 71.0 Å². The van der Waals surface area contributed by atoms with Crippen LogP contribution in [0.5, 0.6) is 5.75 Å². The van der Waals surface area contributed by atoms with Crippen LogP contribution in [0.2, 0.25) is 0 Å². The van der Waals surface area contributed by atoms with E-state index in [-0.39, 0.29) is 24.5 Å². The molecule has 1 N–H and O–H groups in total. The molecule has 2 aromatic carbocycles. The fraction of sp³-hybridized carbons (Fsp3) is 0.105. The molecule has 4 rings (SSSR count). The van der Waals surface area contributed by atoms with E-state index in [0.717, 1.165) is 0 Å². The highest BCUT2D eigenvalue weighted by atomic mass is 16.6. The maximum absolute atomic E-state index is 12.7. The molecule has 0 fully saturated rings. The fourth-order valence-electron chi connectivity index (χ4n) is 3.00. The second-order valence-corrected chi connectivity index (χ2v) is 6.19. The first-order valence-corrected chi connectivity index (χ1v) is 8.63. The van der Waals surface area contributed by atoms with Crippen molar-refractivity contribution in [3.63, 3.8) is 0 Å². The van der Waals surface area contributed by atoms with E-state index in [4.69, 9.17) is 4.74 Å². The number of carbonyl (C=O) groups is 2. The lowest BCUT2D eigenvalue weighted by molar-refractivity contribution is -0.384. The van der Waals surface area contributed by atoms with Gasteiger partial charge in [-0.05, 0) is 24.3 Å². The van der Waals surface area contributed by atoms with Gasteiger partial charge in [0.05, 0.1) is 22.0 Å². The third-order valence-electron chi connectivity index (χ3n) is 4.33. The number of nitro benzene ring substituents is 1.